The number of sulfonamides is 1. The molecule has 0 radical (unpaired) electrons. The highest BCUT2D eigenvalue weighted by Crippen LogP contribution is 2.30. The van der Waals surface area contributed by atoms with Crippen molar-refractivity contribution in [3.63, 3.8) is 0 Å². The van der Waals surface area contributed by atoms with Crippen LogP contribution in [0.5, 0.6) is 0 Å². The first kappa shape index (κ1) is 15.0. The summed E-state index contributed by atoms with van der Waals surface area (Å²) in [5.41, 5.74) is 2.72. The maximum Gasteiger partial charge on any atom is 0.241 e. The first-order valence-electron chi connectivity index (χ1n) is 6.83. The highest BCUT2D eigenvalue weighted by molar-refractivity contribution is 7.93. The van der Waals surface area contributed by atoms with Gasteiger partial charge in [0.05, 0.1) is 11.1 Å². The van der Waals surface area contributed by atoms with Crippen molar-refractivity contribution in [1.82, 2.24) is 14.1 Å². The Bertz CT molecular complexity index is 826. The van der Waals surface area contributed by atoms with Gasteiger partial charge >= 0.3 is 0 Å². The van der Waals surface area contributed by atoms with E-state index in [0.717, 1.165) is 16.7 Å². The summed E-state index contributed by atoms with van der Waals surface area (Å²) >= 11 is 0. The van der Waals surface area contributed by atoms with E-state index in [1.165, 1.54) is 4.31 Å². The van der Waals surface area contributed by atoms with Gasteiger partial charge in [-0.25, -0.2) is 8.42 Å². The molecule has 1 N–H and O–H groups in total. The molecular formula is C15H17N3O3S. The molecule has 0 bridgehead atoms. The summed E-state index contributed by atoms with van der Waals surface area (Å²) in [6, 6.07) is 7.58. The fourth-order valence-electron chi connectivity index (χ4n) is 2.57. The first-order valence-corrected chi connectivity index (χ1v) is 8.27. The standard InChI is InChI=1S/C15H17N3O3S/c1-11-15(19)10-18(22(11,20)21)9-12-5-3-4-6-14(12)13-7-16-17(2)8-13/h3-8,15,19H,1,9-10H2,2H3. The maximum absolute atomic E-state index is 12.2. The first-order chi connectivity index (χ1) is 10.4. The lowest BCUT2D eigenvalue weighted by Gasteiger charge is -2.16. The average Bonchev–Trinajstić information content (AvgIpc) is 2.99. The van der Waals surface area contributed by atoms with Crippen molar-refractivity contribution in [2.45, 2.75) is 12.6 Å². The van der Waals surface area contributed by atoms with Crippen LogP contribution in [0.25, 0.3) is 11.1 Å². The number of benzene rings is 1. The molecule has 2 aromatic rings. The molecule has 3 rings (SSSR count). The summed E-state index contributed by atoms with van der Waals surface area (Å²) in [5.74, 6) is 0. The third-order valence-corrected chi connectivity index (χ3v) is 5.69. The monoisotopic (exact) mass is 319 g/mol. The number of aliphatic hydroxyl groups excluding tert-OH is 1. The number of aromatic nitrogens is 2. The van der Waals surface area contributed by atoms with E-state index in [1.54, 1.807) is 10.9 Å². The molecule has 116 valence electrons. The lowest BCUT2D eigenvalue weighted by molar-refractivity contribution is 0.200. The van der Waals surface area contributed by atoms with Crippen molar-refractivity contribution >= 4 is 10.0 Å². The highest BCUT2D eigenvalue weighted by Gasteiger charge is 2.39. The van der Waals surface area contributed by atoms with Crippen LogP contribution in [-0.4, -0.2) is 40.3 Å². The molecule has 2 heterocycles. The summed E-state index contributed by atoms with van der Waals surface area (Å²) in [7, 11) is -1.81. The van der Waals surface area contributed by atoms with E-state index in [9.17, 15) is 13.5 Å². The van der Waals surface area contributed by atoms with E-state index in [-0.39, 0.29) is 18.0 Å². The van der Waals surface area contributed by atoms with Gasteiger partial charge < -0.3 is 5.11 Å². The minimum absolute atomic E-state index is 0.0442. The van der Waals surface area contributed by atoms with E-state index in [1.807, 2.05) is 37.5 Å². The Labute approximate surface area is 129 Å². The summed E-state index contributed by atoms with van der Waals surface area (Å²) in [5, 5.41) is 13.9. The fraction of sp³-hybridized carbons (Fsp3) is 0.267. The predicted molar refractivity (Wildman–Crippen MR) is 83.1 cm³/mol. The number of nitrogens with zero attached hydrogens (tertiary/aromatic N) is 3. The zero-order chi connectivity index (χ0) is 15.9. The second-order valence-corrected chi connectivity index (χ2v) is 7.33. The van der Waals surface area contributed by atoms with Gasteiger partial charge in [0.15, 0.2) is 0 Å². The van der Waals surface area contributed by atoms with Gasteiger partial charge in [-0.3, -0.25) is 4.68 Å². The van der Waals surface area contributed by atoms with Gasteiger partial charge in [0.2, 0.25) is 10.0 Å². The van der Waals surface area contributed by atoms with Crippen LogP contribution in [0, 0.1) is 0 Å². The van der Waals surface area contributed by atoms with Crippen LogP contribution in [-0.2, 0) is 23.6 Å². The lowest BCUT2D eigenvalue weighted by atomic mass is 10.0. The molecule has 0 aliphatic carbocycles. The van der Waals surface area contributed by atoms with E-state index in [4.69, 9.17) is 0 Å². The van der Waals surface area contributed by atoms with Crippen LogP contribution in [0.3, 0.4) is 0 Å². The minimum Gasteiger partial charge on any atom is -0.386 e. The molecule has 0 spiro atoms. The van der Waals surface area contributed by atoms with Gasteiger partial charge in [0.25, 0.3) is 0 Å². The molecule has 1 aliphatic heterocycles. The largest absolute Gasteiger partial charge is 0.386 e. The molecule has 1 aromatic heterocycles. The fourth-order valence-corrected chi connectivity index (χ4v) is 3.97. The summed E-state index contributed by atoms with van der Waals surface area (Å²) in [6.45, 7) is 3.71. The molecule has 0 amide bonds. The quantitative estimate of drug-likeness (QED) is 0.919. The van der Waals surface area contributed by atoms with E-state index >= 15 is 0 Å². The van der Waals surface area contributed by atoms with Crippen molar-refractivity contribution < 1.29 is 13.5 Å². The van der Waals surface area contributed by atoms with Crippen LogP contribution in [0.15, 0.2) is 48.1 Å². The van der Waals surface area contributed by atoms with Crippen LogP contribution in [0.4, 0.5) is 0 Å². The van der Waals surface area contributed by atoms with E-state index in [2.05, 4.69) is 11.7 Å². The molecule has 1 atom stereocenters. The third kappa shape index (κ3) is 2.47. The Morgan fingerprint density at radius 1 is 1.41 bits per heavy atom. The molecule has 1 saturated heterocycles. The van der Waals surface area contributed by atoms with Crippen molar-refractivity contribution in [2.24, 2.45) is 7.05 Å². The van der Waals surface area contributed by atoms with Gasteiger partial charge in [0.1, 0.15) is 6.10 Å². The Morgan fingerprint density at radius 3 is 2.73 bits per heavy atom. The van der Waals surface area contributed by atoms with Crippen molar-refractivity contribution in [3.05, 3.63) is 53.7 Å². The van der Waals surface area contributed by atoms with E-state index < -0.39 is 16.1 Å². The van der Waals surface area contributed by atoms with Crippen LogP contribution in [0.1, 0.15) is 5.56 Å². The van der Waals surface area contributed by atoms with Crippen molar-refractivity contribution in [2.75, 3.05) is 6.54 Å². The number of β-amino-alcohol motifs (C(OH)–C–C–N with tert-alkyl or cyclic N) is 1. The lowest BCUT2D eigenvalue weighted by Crippen LogP contribution is -2.25. The van der Waals surface area contributed by atoms with Crippen LogP contribution in [0.2, 0.25) is 0 Å². The van der Waals surface area contributed by atoms with Crippen LogP contribution >= 0.6 is 0 Å². The molecular weight excluding hydrogens is 302 g/mol. The number of hydrogen-bond donors (Lipinski definition) is 1. The normalized spacial score (nSPS) is 21.4. The van der Waals surface area contributed by atoms with Gasteiger partial charge in [-0.05, 0) is 11.1 Å². The van der Waals surface area contributed by atoms with Crippen molar-refractivity contribution in [1.29, 1.82) is 0 Å². The molecule has 1 unspecified atom stereocenters. The second kappa shape index (κ2) is 5.35. The zero-order valence-corrected chi connectivity index (χ0v) is 13.0. The van der Waals surface area contributed by atoms with E-state index in [0.29, 0.717) is 0 Å². The van der Waals surface area contributed by atoms with Gasteiger partial charge in [-0.1, -0.05) is 30.8 Å². The Kier molecular flexibility index (Phi) is 3.64. The Hall–Kier alpha value is -1.96. The highest BCUT2D eigenvalue weighted by atomic mass is 32.2. The number of aryl methyl sites for hydroxylation is 1. The smallest absolute Gasteiger partial charge is 0.241 e. The summed E-state index contributed by atoms with van der Waals surface area (Å²) in [6.07, 6.45) is 2.59. The molecule has 1 aliphatic rings. The minimum atomic E-state index is -3.64. The third-order valence-electron chi connectivity index (χ3n) is 3.80. The topological polar surface area (TPSA) is 75.4 Å². The number of rotatable bonds is 3. The molecule has 1 fully saturated rings. The molecule has 0 saturated carbocycles. The van der Waals surface area contributed by atoms with Crippen molar-refractivity contribution in [3.8, 4) is 11.1 Å². The predicted octanol–water partition coefficient (Wildman–Crippen LogP) is 1.11. The SMILES string of the molecule is C=C1C(O)CN(Cc2ccccc2-c2cnn(C)c2)S1(=O)=O. The number of hydrogen-bond acceptors (Lipinski definition) is 4. The Balaban J connectivity index is 1.96. The zero-order valence-electron chi connectivity index (χ0n) is 12.2. The molecule has 1 aromatic carbocycles. The summed E-state index contributed by atoms with van der Waals surface area (Å²) < 4.78 is 27.4. The van der Waals surface area contributed by atoms with Gasteiger partial charge in [0, 0.05) is 31.9 Å². The molecule has 6 nitrogen and oxygen atoms in total. The van der Waals surface area contributed by atoms with Crippen LogP contribution < -0.4 is 0 Å². The molecule has 22 heavy (non-hydrogen) atoms. The van der Waals surface area contributed by atoms with Gasteiger partial charge in [-0.15, -0.1) is 0 Å². The second-order valence-electron chi connectivity index (χ2n) is 5.34. The van der Waals surface area contributed by atoms with Gasteiger partial charge in [-0.2, -0.15) is 9.40 Å². The number of aliphatic hydroxyl groups is 1. The maximum atomic E-state index is 12.2. The Morgan fingerprint density at radius 2 is 2.14 bits per heavy atom. The molecule has 7 heteroatoms. The summed E-state index contributed by atoms with van der Waals surface area (Å²) in [4.78, 5) is -0.133. The average molecular weight is 319 g/mol.